The lowest BCUT2D eigenvalue weighted by atomic mass is 9.77. The fourth-order valence-corrected chi connectivity index (χ4v) is 2.85. The first kappa shape index (κ1) is 14.0. The third-order valence-electron chi connectivity index (χ3n) is 3.57. The summed E-state index contributed by atoms with van der Waals surface area (Å²) in [5, 5.41) is 3.94. The van der Waals surface area contributed by atoms with Crippen molar-refractivity contribution in [1.29, 1.82) is 0 Å². The lowest BCUT2D eigenvalue weighted by Gasteiger charge is -2.34. The largest absolute Gasteiger partial charge is 0.334 e. The lowest BCUT2D eigenvalue weighted by Crippen LogP contribution is -2.44. The topological polar surface area (TPSA) is 111 Å². The van der Waals surface area contributed by atoms with Crippen LogP contribution in [-0.2, 0) is 15.6 Å². The molecule has 0 radical (unpaired) electrons. The molecule has 0 saturated heterocycles. The number of rotatable bonds is 4. The Hall–Kier alpha value is -1.93. The first-order valence-corrected chi connectivity index (χ1v) is 8.47. The molecule has 1 heterocycles. The Bertz CT molecular complexity index is 765. The second-order valence-electron chi connectivity index (χ2n) is 5.35. The molecular weight excluding hydrogens is 292 g/mol. The van der Waals surface area contributed by atoms with Gasteiger partial charge in [-0.1, -0.05) is 17.3 Å². The van der Waals surface area contributed by atoms with E-state index in [1.165, 1.54) is 0 Å². The van der Waals surface area contributed by atoms with E-state index in [-0.39, 0.29) is 5.89 Å². The van der Waals surface area contributed by atoms with Gasteiger partial charge in [-0.25, -0.2) is 8.42 Å². The molecule has 2 aromatic rings. The van der Waals surface area contributed by atoms with Crippen LogP contribution >= 0.6 is 0 Å². The van der Waals surface area contributed by atoms with Gasteiger partial charge in [0, 0.05) is 0 Å². The summed E-state index contributed by atoms with van der Waals surface area (Å²) < 4.78 is 30.5. The second-order valence-corrected chi connectivity index (χ2v) is 7.10. The van der Waals surface area contributed by atoms with E-state index in [0.29, 0.717) is 17.1 Å². The highest BCUT2D eigenvalue weighted by atomic mass is 32.2. The minimum Gasteiger partial charge on any atom is -0.334 e. The lowest BCUT2D eigenvalue weighted by molar-refractivity contribution is 0.229. The summed E-state index contributed by atoms with van der Waals surface area (Å²) in [4.78, 5) is 4.33. The molecular formula is C13H16N4O3S. The fraction of sp³-hybridized carbons (Fsp3) is 0.385. The maximum Gasteiger partial charge on any atom is 0.260 e. The Balaban J connectivity index is 1.97. The first-order valence-electron chi connectivity index (χ1n) is 6.58. The Morgan fingerprint density at radius 1 is 1.33 bits per heavy atom. The quantitative estimate of drug-likeness (QED) is 0.884. The van der Waals surface area contributed by atoms with E-state index in [0.717, 1.165) is 25.5 Å². The third-order valence-corrected chi connectivity index (χ3v) is 4.16. The zero-order valence-corrected chi connectivity index (χ0v) is 12.4. The molecule has 1 aromatic heterocycles. The Labute approximate surface area is 122 Å². The van der Waals surface area contributed by atoms with Gasteiger partial charge in [0.15, 0.2) is 5.82 Å². The molecule has 0 amide bonds. The maximum atomic E-state index is 11.4. The van der Waals surface area contributed by atoms with Crippen LogP contribution in [0, 0.1) is 0 Å². The van der Waals surface area contributed by atoms with Crippen LogP contribution in [0.15, 0.2) is 28.8 Å². The second kappa shape index (κ2) is 4.81. The van der Waals surface area contributed by atoms with Gasteiger partial charge in [0.25, 0.3) is 5.89 Å². The number of anilines is 1. The molecule has 1 aliphatic rings. The molecule has 112 valence electrons. The highest BCUT2D eigenvalue weighted by Gasteiger charge is 2.39. The van der Waals surface area contributed by atoms with Crippen LogP contribution in [0.25, 0.3) is 11.5 Å². The van der Waals surface area contributed by atoms with Crippen molar-refractivity contribution in [1.82, 2.24) is 10.1 Å². The van der Waals surface area contributed by atoms with Crippen molar-refractivity contribution in [3.8, 4) is 11.5 Å². The summed E-state index contributed by atoms with van der Waals surface area (Å²) in [7, 11) is -3.39. The van der Waals surface area contributed by atoms with Crippen molar-refractivity contribution < 1.29 is 12.9 Å². The normalized spacial score (nSPS) is 17.2. The smallest absolute Gasteiger partial charge is 0.260 e. The van der Waals surface area contributed by atoms with Crippen molar-refractivity contribution in [3.63, 3.8) is 0 Å². The molecule has 8 heteroatoms. The average molecular weight is 308 g/mol. The molecule has 0 atom stereocenters. The van der Waals surface area contributed by atoms with Crippen molar-refractivity contribution in [3.05, 3.63) is 30.1 Å². The van der Waals surface area contributed by atoms with Crippen LogP contribution in [0.5, 0.6) is 0 Å². The van der Waals surface area contributed by atoms with Crippen molar-refractivity contribution >= 4 is 15.7 Å². The SMILES string of the molecule is CS(=O)(=O)Nc1ccccc1-c1nc(C2(N)CCC2)no1. The standard InChI is InChI=1S/C13H16N4O3S/c1-21(18,19)17-10-6-3-2-5-9(10)11-15-12(16-20-11)13(14)7-4-8-13/h2-3,5-6,17H,4,7-8,14H2,1H3. The highest BCUT2D eigenvalue weighted by molar-refractivity contribution is 7.92. The summed E-state index contributed by atoms with van der Waals surface area (Å²) >= 11 is 0. The number of hydrogen-bond acceptors (Lipinski definition) is 6. The molecule has 3 N–H and O–H groups in total. The summed E-state index contributed by atoms with van der Waals surface area (Å²) in [6.45, 7) is 0. The molecule has 21 heavy (non-hydrogen) atoms. The number of hydrogen-bond donors (Lipinski definition) is 2. The number of para-hydroxylation sites is 1. The van der Waals surface area contributed by atoms with E-state index >= 15 is 0 Å². The minimum absolute atomic E-state index is 0.258. The Kier molecular flexibility index (Phi) is 3.22. The zero-order valence-electron chi connectivity index (χ0n) is 11.5. The highest BCUT2D eigenvalue weighted by Crippen LogP contribution is 2.38. The molecule has 7 nitrogen and oxygen atoms in total. The van der Waals surface area contributed by atoms with Crippen LogP contribution in [-0.4, -0.2) is 24.8 Å². The summed E-state index contributed by atoms with van der Waals surface area (Å²) in [5.74, 6) is 0.728. The van der Waals surface area contributed by atoms with Crippen molar-refractivity contribution in [2.45, 2.75) is 24.8 Å². The van der Waals surface area contributed by atoms with Gasteiger partial charge in [-0.3, -0.25) is 4.72 Å². The van der Waals surface area contributed by atoms with Crippen LogP contribution in [0.1, 0.15) is 25.1 Å². The van der Waals surface area contributed by atoms with Crippen molar-refractivity contribution in [2.24, 2.45) is 5.73 Å². The first-order chi connectivity index (χ1) is 9.87. The monoisotopic (exact) mass is 308 g/mol. The van der Waals surface area contributed by atoms with Gasteiger partial charge < -0.3 is 10.3 Å². The predicted molar refractivity (Wildman–Crippen MR) is 77.9 cm³/mol. The van der Waals surface area contributed by atoms with Crippen LogP contribution < -0.4 is 10.5 Å². The molecule has 0 aliphatic heterocycles. The van der Waals surface area contributed by atoms with Crippen LogP contribution in [0.2, 0.25) is 0 Å². The van der Waals surface area contributed by atoms with Gasteiger partial charge in [0.1, 0.15) is 0 Å². The van der Waals surface area contributed by atoms with E-state index in [4.69, 9.17) is 10.3 Å². The molecule has 1 saturated carbocycles. The molecule has 0 spiro atoms. The number of nitrogens with two attached hydrogens (primary N) is 1. The Morgan fingerprint density at radius 2 is 2.05 bits per heavy atom. The van der Waals surface area contributed by atoms with Crippen LogP contribution in [0.3, 0.4) is 0 Å². The average Bonchev–Trinajstić information content (AvgIpc) is 2.84. The summed E-state index contributed by atoms with van der Waals surface area (Å²) in [6.07, 6.45) is 3.79. The molecule has 0 unspecified atom stereocenters. The van der Waals surface area contributed by atoms with Gasteiger partial charge in [0.2, 0.25) is 10.0 Å². The number of nitrogens with one attached hydrogen (secondary N) is 1. The molecule has 0 bridgehead atoms. The maximum absolute atomic E-state index is 11.4. The van der Waals surface area contributed by atoms with Gasteiger partial charge in [0.05, 0.1) is 23.0 Å². The van der Waals surface area contributed by atoms with Gasteiger partial charge >= 0.3 is 0 Å². The number of benzene rings is 1. The van der Waals surface area contributed by atoms with Crippen molar-refractivity contribution in [2.75, 3.05) is 11.0 Å². The molecule has 3 rings (SSSR count). The van der Waals surface area contributed by atoms with E-state index in [9.17, 15) is 8.42 Å². The molecule has 1 aromatic carbocycles. The third kappa shape index (κ3) is 2.77. The minimum atomic E-state index is -3.39. The van der Waals surface area contributed by atoms with Gasteiger partial charge in [-0.05, 0) is 31.4 Å². The summed E-state index contributed by atoms with van der Waals surface area (Å²) in [5.41, 5.74) is 6.58. The van der Waals surface area contributed by atoms with E-state index in [1.54, 1.807) is 24.3 Å². The van der Waals surface area contributed by atoms with Gasteiger partial charge in [-0.15, -0.1) is 0 Å². The summed E-state index contributed by atoms with van der Waals surface area (Å²) in [6, 6.07) is 6.86. The van der Waals surface area contributed by atoms with E-state index in [2.05, 4.69) is 14.9 Å². The Morgan fingerprint density at radius 3 is 2.67 bits per heavy atom. The fourth-order valence-electron chi connectivity index (χ4n) is 2.27. The number of nitrogens with zero attached hydrogens (tertiary/aromatic N) is 2. The van der Waals surface area contributed by atoms with Gasteiger partial charge in [-0.2, -0.15) is 4.98 Å². The number of aromatic nitrogens is 2. The van der Waals surface area contributed by atoms with E-state index in [1.807, 2.05) is 0 Å². The van der Waals surface area contributed by atoms with Crippen LogP contribution in [0.4, 0.5) is 5.69 Å². The molecule has 1 aliphatic carbocycles. The zero-order chi connectivity index (χ0) is 15.1. The van der Waals surface area contributed by atoms with E-state index < -0.39 is 15.6 Å². The predicted octanol–water partition coefficient (Wildman–Crippen LogP) is 1.45. The molecule has 1 fully saturated rings. The number of sulfonamides is 1.